The molecule has 2 atom stereocenters. The molecule has 0 bridgehead atoms. The maximum Gasteiger partial charge on any atom is 0.241 e. The number of unbranched alkanes of at least 4 members (excludes halogenated alkanes) is 1. The Morgan fingerprint density at radius 1 is 1.29 bits per heavy atom. The zero-order chi connectivity index (χ0) is 15.6. The number of benzene rings is 1. The Labute approximate surface area is 128 Å². The van der Waals surface area contributed by atoms with Crippen molar-refractivity contribution in [2.45, 2.75) is 59.7 Å². The summed E-state index contributed by atoms with van der Waals surface area (Å²) in [6.07, 6.45) is 2.19. The van der Waals surface area contributed by atoms with E-state index in [0.717, 1.165) is 19.4 Å². The summed E-state index contributed by atoms with van der Waals surface area (Å²) in [6, 6.07) is 6.43. The van der Waals surface area contributed by atoms with E-state index in [9.17, 15) is 4.79 Å². The number of carbonyl (C=O) groups is 1. The fourth-order valence-electron chi connectivity index (χ4n) is 2.99. The van der Waals surface area contributed by atoms with Gasteiger partial charge >= 0.3 is 0 Å². The smallest absolute Gasteiger partial charge is 0.241 e. The minimum atomic E-state index is -0.0632. The molecule has 116 valence electrons. The van der Waals surface area contributed by atoms with Crippen LogP contribution in [0.3, 0.4) is 0 Å². The van der Waals surface area contributed by atoms with Gasteiger partial charge in [-0.1, -0.05) is 51.0 Å². The summed E-state index contributed by atoms with van der Waals surface area (Å²) >= 11 is 0. The van der Waals surface area contributed by atoms with Crippen LogP contribution in [0.2, 0.25) is 0 Å². The average Bonchev–Trinajstić information content (AvgIpc) is 2.76. The van der Waals surface area contributed by atoms with Crippen LogP contribution in [0, 0.1) is 19.8 Å². The highest BCUT2D eigenvalue weighted by Gasteiger charge is 2.40. The van der Waals surface area contributed by atoms with Gasteiger partial charge in [0.1, 0.15) is 6.17 Å². The number of rotatable bonds is 5. The first-order valence-electron chi connectivity index (χ1n) is 8.09. The van der Waals surface area contributed by atoms with Gasteiger partial charge in [0.25, 0.3) is 0 Å². The molecule has 0 aromatic heterocycles. The third kappa shape index (κ3) is 3.29. The molecule has 1 heterocycles. The fraction of sp³-hybridized carbons (Fsp3) is 0.611. The molecule has 21 heavy (non-hydrogen) atoms. The summed E-state index contributed by atoms with van der Waals surface area (Å²) in [5.41, 5.74) is 3.73. The van der Waals surface area contributed by atoms with Crippen molar-refractivity contribution in [2.75, 3.05) is 6.54 Å². The maximum absolute atomic E-state index is 12.7. The van der Waals surface area contributed by atoms with Crippen molar-refractivity contribution < 1.29 is 4.79 Å². The van der Waals surface area contributed by atoms with Crippen molar-refractivity contribution in [3.8, 4) is 0 Å². The second-order valence-electron chi connectivity index (χ2n) is 6.54. The topological polar surface area (TPSA) is 32.3 Å². The molecule has 0 spiro atoms. The van der Waals surface area contributed by atoms with Gasteiger partial charge in [-0.3, -0.25) is 10.1 Å². The second kappa shape index (κ2) is 6.61. The van der Waals surface area contributed by atoms with Crippen LogP contribution in [0.15, 0.2) is 18.2 Å². The van der Waals surface area contributed by atoms with Gasteiger partial charge < -0.3 is 4.90 Å². The number of amides is 1. The molecule has 1 N–H and O–H groups in total. The first-order chi connectivity index (χ1) is 9.95. The van der Waals surface area contributed by atoms with Crippen LogP contribution in [0.4, 0.5) is 0 Å². The highest BCUT2D eigenvalue weighted by molar-refractivity contribution is 5.85. The van der Waals surface area contributed by atoms with Crippen LogP contribution >= 0.6 is 0 Å². The van der Waals surface area contributed by atoms with Crippen LogP contribution in [0.5, 0.6) is 0 Å². The highest BCUT2D eigenvalue weighted by atomic mass is 16.2. The molecule has 3 nitrogen and oxygen atoms in total. The summed E-state index contributed by atoms with van der Waals surface area (Å²) in [6.45, 7) is 11.5. The lowest BCUT2D eigenvalue weighted by molar-refractivity contribution is -0.130. The molecule has 1 aromatic rings. The average molecular weight is 288 g/mol. The molecule has 2 unspecified atom stereocenters. The zero-order valence-corrected chi connectivity index (χ0v) is 13.9. The minimum Gasteiger partial charge on any atom is -0.322 e. The van der Waals surface area contributed by atoms with Gasteiger partial charge in [0.05, 0.1) is 6.04 Å². The molecular formula is C18H28N2O. The van der Waals surface area contributed by atoms with Crippen LogP contribution < -0.4 is 5.32 Å². The lowest BCUT2D eigenvalue weighted by atomic mass is 10.0. The van der Waals surface area contributed by atoms with E-state index in [1.807, 2.05) is 4.90 Å². The normalized spacial score (nSPS) is 22.4. The third-order valence-electron chi connectivity index (χ3n) is 4.35. The summed E-state index contributed by atoms with van der Waals surface area (Å²) < 4.78 is 0. The van der Waals surface area contributed by atoms with E-state index in [1.165, 1.54) is 16.7 Å². The van der Waals surface area contributed by atoms with Gasteiger partial charge in [0, 0.05) is 6.54 Å². The molecule has 1 aliphatic rings. The number of nitrogens with one attached hydrogen (secondary N) is 1. The number of hydrogen-bond acceptors (Lipinski definition) is 2. The van der Waals surface area contributed by atoms with E-state index in [-0.39, 0.29) is 18.1 Å². The largest absolute Gasteiger partial charge is 0.322 e. The van der Waals surface area contributed by atoms with Gasteiger partial charge in [-0.15, -0.1) is 0 Å². The molecule has 1 aromatic carbocycles. The molecule has 2 rings (SSSR count). The Bertz CT molecular complexity index is 510. The molecule has 0 saturated carbocycles. The molecule has 1 aliphatic heterocycles. The van der Waals surface area contributed by atoms with Gasteiger partial charge in [0.2, 0.25) is 5.91 Å². The van der Waals surface area contributed by atoms with Crippen molar-refractivity contribution in [3.05, 3.63) is 34.9 Å². The summed E-state index contributed by atoms with van der Waals surface area (Å²) in [5.74, 6) is 0.570. The first kappa shape index (κ1) is 16.0. The number of hydrogen-bond donors (Lipinski definition) is 1. The molecule has 1 amide bonds. The number of nitrogens with zero attached hydrogens (tertiary/aromatic N) is 1. The van der Waals surface area contributed by atoms with Crippen LogP contribution in [-0.2, 0) is 4.79 Å². The summed E-state index contributed by atoms with van der Waals surface area (Å²) in [4.78, 5) is 14.7. The fourth-order valence-corrected chi connectivity index (χ4v) is 2.99. The third-order valence-corrected chi connectivity index (χ3v) is 4.35. The van der Waals surface area contributed by atoms with Gasteiger partial charge in [-0.2, -0.15) is 0 Å². The van der Waals surface area contributed by atoms with Crippen molar-refractivity contribution >= 4 is 5.91 Å². The number of aryl methyl sites for hydroxylation is 2. The van der Waals surface area contributed by atoms with Crippen LogP contribution in [-0.4, -0.2) is 23.4 Å². The van der Waals surface area contributed by atoms with E-state index in [1.54, 1.807) is 0 Å². The van der Waals surface area contributed by atoms with E-state index in [2.05, 4.69) is 58.1 Å². The van der Waals surface area contributed by atoms with Crippen molar-refractivity contribution in [2.24, 2.45) is 5.92 Å². The molecule has 3 heteroatoms. The van der Waals surface area contributed by atoms with E-state index in [0.29, 0.717) is 5.92 Å². The van der Waals surface area contributed by atoms with Crippen molar-refractivity contribution in [3.63, 3.8) is 0 Å². The predicted octanol–water partition coefficient (Wildman–Crippen LogP) is 3.56. The van der Waals surface area contributed by atoms with Gasteiger partial charge in [0.15, 0.2) is 0 Å². The Morgan fingerprint density at radius 2 is 2.00 bits per heavy atom. The van der Waals surface area contributed by atoms with E-state index < -0.39 is 0 Å². The van der Waals surface area contributed by atoms with Crippen LogP contribution in [0.1, 0.15) is 56.5 Å². The Kier molecular flexibility index (Phi) is 5.04. The first-order valence-corrected chi connectivity index (χ1v) is 8.09. The zero-order valence-electron chi connectivity index (χ0n) is 13.9. The standard InChI is InChI=1S/C18H28N2O/c1-6-7-10-20-17(19-16(12(2)3)18(20)21)15-11-13(4)8-9-14(15)5/h8-9,11-12,16-17,19H,6-7,10H2,1-5H3. The maximum atomic E-state index is 12.7. The van der Waals surface area contributed by atoms with Crippen LogP contribution in [0.25, 0.3) is 0 Å². The SMILES string of the molecule is CCCCN1C(=O)C(C(C)C)NC1c1cc(C)ccc1C. The van der Waals surface area contributed by atoms with Crippen molar-refractivity contribution in [1.82, 2.24) is 10.2 Å². The molecule has 0 aliphatic carbocycles. The second-order valence-corrected chi connectivity index (χ2v) is 6.54. The number of carbonyl (C=O) groups excluding carboxylic acids is 1. The minimum absolute atomic E-state index is 0.0244. The van der Waals surface area contributed by atoms with Crippen molar-refractivity contribution in [1.29, 1.82) is 0 Å². The Hall–Kier alpha value is -1.35. The molecular weight excluding hydrogens is 260 g/mol. The molecule has 0 radical (unpaired) electrons. The van der Waals surface area contributed by atoms with E-state index >= 15 is 0 Å². The van der Waals surface area contributed by atoms with Gasteiger partial charge in [-0.25, -0.2) is 0 Å². The molecule has 1 fully saturated rings. The molecule has 1 saturated heterocycles. The monoisotopic (exact) mass is 288 g/mol. The predicted molar refractivity (Wildman–Crippen MR) is 87.0 cm³/mol. The Balaban J connectivity index is 2.34. The lowest BCUT2D eigenvalue weighted by Gasteiger charge is -2.26. The van der Waals surface area contributed by atoms with Gasteiger partial charge in [-0.05, 0) is 37.3 Å². The lowest BCUT2D eigenvalue weighted by Crippen LogP contribution is -2.34. The summed E-state index contributed by atoms with van der Waals surface area (Å²) in [7, 11) is 0. The highest BCUT2D eigenvalue weighted by Crippen LogP contribution is 2.30. The Morgan fingerprint density at radius 3 is 2.62 bits per heavy atom. The quantitative estimate of drug-likeness (QED) is 0.898. The van der Waals surface area contributed by atoms with E-state index in [4.69, 9.17) is 0 Å². The summed E-state index contributed by atoms with van der Waals surface area (Å²) in [5, 5.41) is 3.56.